The minimum absolute atomic E-state index is 0.619. The van der Waals surface area contributed by atoms with Gasteiger partial charge in [-0.2, -0.15) is 0 Å². The first-order valence-corrected chi connectivity index (χ1v) is 7.42. The van der Waals surface area contributed by atoms with Crippen LogP contribution in [0.3, 0.4) is 0 Å². The molecule has 1 unspecified atom stereocenters. The van der Waals surface area contributed by atoms with E-state index in [2.05, 4.69) is 15.9 Å². The van der Waals surface area contributed by atoms with Crippen LogP contribution in [0.5, 0.6) is 0 Å². The average molecular weight is 285 g/mol. The molecule has 2 nitrogen and oxygen atoms in total. The van der Waals surface area contributed by atoms with Gasteiger partial charge in [-0.25, -0.2) is 0 Å². The molecule has 0 saturated carbocycles. The van der Waals surface area contributed by atoms with E-state index in [0.717, 1.165) is 12.1 Å². The molecule has 98 valence electrons. The van der Waals surface area contributed by atoms with Crippen LogP contribution in [0.25, 0.3) is 0 Å². The molecule has 0 N–H and O–H groups in total. The summed E-state index contributed by atoms with van der Waals surface area (Å²) in [6.07, 6.45) is 4.49. The Morgan fingerprint density at radius 3 is 2.83 bits per heavy atom. The Morgan fingerprint density at radius 1 is 1.11 bits per heavy atom. The second-order valence-electron chi connectivity index (χ2n) is 5.20. The van der Waals surface area contributed by atoms with Crippen molar-refractivity contribution in [3.63, 3.8) is 0 Å². The Bertz CT molecular complexity index is 436. The van der Waals surface area contributed by atoms with Crippen molar-refractivity contribution in [1.82, 2.24) is 9.80 Å². The summed E-state index contributed by atoms with van der Waals surface area (Å²) in [6.45, 7) is 4.60. The van der Waals surface area contributed by atoms with Gasteiger partial charge in [-0.1, -0.05) is 35.3 Å². The first kappa shape index (κ1) is 12.7. The van der Waals surface area contributed by atoms with Gasteiger partial charge in [-0.15, -0.1) is 0 Å². The fourth-order valence-corrected chi connectivity index (χ4v) is 3.56. The van der Waals surface area contributed by atoms with Gasteiger partial charge in [0.15, 0.2) is 0 Å². The van der Waals surface area contributed by atoms with Crippen LogP contribution in [0.4, 0.5) is 0 Å². The molecule has 2 fully saturated rings. The first-order chi connectivity index (χ1) is 8.75. The number of halogens is 2. The second-order valence-corrected chi connectivity index (χ2v) is 5.98. The molecule has 2 heterocycles. The van der Waals surface area contributed by atoms with Crippen LogP contribution in [-0.4, -0.2) is 35.6 Å². The van der Waals surface area contributed by atoms with Crippen molar-refractivity contribution in [2.75, 3.05) is 19.6 Å². The second kappa shape index (κ2) is 5.38. The van der Waals surface area contributed by atoms with E-state index in [1.165, 1.54) is 38.9 Å². The van der Waals surface area contributed by atoms with Crippen LogP contribution in [0.1, 0.15) is 24.8 Å². The molecule has 0 aliphatic carbocycles. The fraction of sp³-hybridized carbons (Fsp3) is 0.571. The molecule has 0 amide bonds. The SMILES string of the molecule is Clc1cccc(CN2CCCN3CCCC32)c1Cl. The van der Waals surface area contributed by atoms with Crippen LogP contribution >= 0.6 is 23.2 Å². The number of hydrogen-bond donors (Lipinski definition) is 0. The van der Waals surface area contributed by atoms with Crippen molar-refractivity contribution in [2.24, 2.45) is 0 Å². The topological polar surface area (TPSA) is 6.48 Å². The number of nitrogens with zero attached hydrogens (tertiary/aromatic N) is 2. The van der Waals surface area contributed by atoms with E-state index in [-0.39, 0.29) is 0 Å². The lowest BCUT2D eigenvalue weighted by Crippen LogP contribution is -2.49. The van der Waals surface area contributed by atoms with Crippen LogP contribution in [0.2, 0.25) is 10.0 Å². The van der Waals surface area contributed by atoms with Crippen molar-refractivity contribution < 1.29 is 0 Å². The van der Waals surface area contributed by atoms with Gasteiger partial charge in [0.1, 0.15) is 0 Å². The molecule has 1 atom stereocenters. The van der Waals surface area contributed by atoms with Crippen LogP contribution < -0.4 is 0 Å². The summed E-state index contributed by atoms with van der Waals surface area (Å²) in [7, 11) is 0. The Labute approximate surface area is 118 Å². The Morgan fingerprint density at radius 2 is 1.94 bits per heavy atom. The van der Waals surface area contributed by atoms with Crippen LogP contribution in [0, 0.1) is 0 Å². The lowest BCUT2D eigenvalue weighted by Gasteiger charge is -2.40. The van der Waals surface area contributed by atoms with Gasteiger partial charge in [0, 0.05) is 19.6 Å². The number of fused-ring (bicyclic) bond motifs is 1. The lowest BCUT2D eigenvalue weighted by atomic mass is 10.1. The van der Waals surface area contributed by atoms with E-state index in [1.54, 1.807) is 0 Å². The van der Waals surface area contributed by atoms with Crippen molar-refractivity contribution in [3.05, 3.63) is 33.8 Å². The first-order valence-electron chi connectivity index (χ1n) is 6.67. The van der Waals surface area contributed by atoms with Gasteiger partial charge in [0.05, 0.1) is 16.2 Å². The van der Waals surface area contributed by atoms with E-state index in [4.69, 9.17) is 23.2 Å². The van der Waals surface area contributed by atoms with E-state index in [0.29, 0.717) is 16.2 Å². The van der Waals surface area contributed by atoms with E-state index < -0.39 is 0 Å². The summed E-state index contributed by atoms with van der Waals surface area (Å²) in [5, 5.41) is 1.38. The molecule has 1 aromatic rings. The maximum atomic E-state index is 6.28. The summed E-state index contributed by atoms with van der Waals surface area (Å²) < 4.78 is 0. The third-order valence-electron chi connectivity index (χ3n) is 4.05. The quantitative estimate of drug-likeness (QED) is 0.819. The van der Waals surface area contributed by atoms with E-state index in [9.17, 15) is 0 Å². The highest BCUT2D eigenvalue weighted by Crippen LogP contribution is 2.30. The summed E-state index contributed by atoms with van der Waals surface area (Å²) >= 11 is 12.4. The Balaban J connectivity index is 1.77. The minimum Gasteiger partial charge on any atom is -0.288 e. The highest BCUT2D eigenvalue weighted by molar-refractivity contribution is 6.42. The summed E-state index contributed by atoms with van der Waals surface area (Å²) in [5.74, 6) is 0. The van der Waals surface area contributed by atoms with Gasteiger partial charge in [0.25, 0.3) is 0 Å². The summed E-state index contributed by atoms with van der Waals surface area (Å²) in [4.78, 5) is 5.15. The normalized spacial score (nSPS) is 25.3. The Hall–Kier alpha value is -0.280. The van der Waals surface area contributed by atoms with E-state index in [1.807, 2.05) is 12.1 Å². The fourth-order valence-electron chi connectivity index (χ4n) is 3.18. The zero-order valence-electron chi connectivity index (χ0n) is 10.4. The van der Waals surface area contributed by atoms with Crippen molar-refractivity contribution in [3.8, 4) is 0 Å². The lowest BCUT2D eigenvalue weighted by molar-refractivity contribution is 0.0287. The molecule has 2 aliphatic heterocycles. The minimum atomic E-state index is 0.619. The zero-order valence-corrected chi connectivity index (χ0v) is 11.9. The molecule has 0 aromatic heterocycles. The van der Waals surface area contributed by atoms with Crippen LogP contribution in [-0.2, 0) is 6.54 Å². The van der Waals surface area contributed by atoms with Gasteiger partial charge in [-0.05, 0) is 37.4 Å². The van der Waals surface area contributed by atoms with Crippen molar-refractivity contribution >= 4 is 23.2 Å². The molecular formula is C14H18Cl2N2. The van der Waals surface area contributed by atoms with Crippen LogP contribution in [0.15, 0.2) is 18.2 Å². The number of benzene rings is 1. The average Bonchev–Trinajstić information content (AvgIpc) is 2.84. The molecule has 0 spiro atoms. The highest BCUT2D eigenvalue weighted by Gasteiger charge is 2.32. The third-order valence-corrected chi connectivity index (χ3v) is 4.90. The van der Waals surface area contributed by atoms with Gasteiger partial charge in [0.2, 0.25) is 0 Å². The highest BCUT2D eigenvalue weighted by atomic mass is 35.5. The summed E-state index contributed by atoms with van der Waals surface area (Å²) in [6, 6.07) is 5.92. The summed E-state index contributed by atoms with van der Waals surface area (Å²) in [5.41, 5.74) is 1.15. The molecule has 2 saturated heterocycles. The molecule has 4 heteroatoms. The number of hydrogen-bond acceptors (Lipinski definition) is 2. The zero-order chi connectivity index (χ0) is 12.5. The van der Waals surface area contributed by atoms with Crippen molar-refractivity contribution in [2.45, 2.75) is 32.0 Å². The largest absolute Gasteiger partial charge is 0.288 e. The van der Waals surface area contributed by atoms with Gasteiger partial charge < -0.3 is 0 Å². The number of rotatable bonds is 2. The maximum absolute atomic E-state index is 6.28. The smallest absolute Gasteiger partial charge is 0.0637 e. The molecule has 0 radical (unpaired) electrons. The third kappa shape index (κ3) is 2.39. The van der Waals surface area contributed by atoms with Gasteiger partial charge >= 0.3 is 0 Å². The van der Waals surface area contributed by atoms with Crippen molar-refractivity contribution in [1.29, 1.82) is 0 Å². The Kier molecular flexibility index (Phi) is 3.81. The van der Waals surface area contributed by atoms with E-state index >= 15 is 0 Å². The molecular weight excluding hydrogens is 267 g/mol. The molecule has 3 rings (SSSR count). The van der Waals surface area contributed by atoms with Gasteiger partial charge in [-0.3, -0.25) is 9.80 Å². The molecule has 0 bridgehead atoms. The predicted molar refractivity (Wildman–Crippen MR) is 76.1 cm³/mol. The monoisotopic (exact) mass is 284 g/mol. The maximum Gasteiger partial charge on any atom is 0.0637 e. The standard InChI is InChI=1S/C14H18Cl2N2/c15-12-5-1-4-11(14(12)16)10-18-9-3-8-17-7-2-6-13(17)18/h1,4-5,13H,2-3,6-10H2. The molecule has 18 heavy (non-hydrogen) atoms. The molecule has 2 aliphatic rings. The predicted octanol–water partition coefficient (Wildman–Crippen LogP) is 3.62. The molecule has 1 aromatic carbocycles.